The molecule has 1 atom stereocenters. The Morgan fingerprint density at radius 2 is 2.12 bits per heavy atom. The van der Waals surface area contributed by atoms with Gasteiger partial charge in [0.2, 0.25) is 5.91 Å². The third-order valence-electron chi connectivity index (χ3n) is 3.96. The van der Waals surface area contributed by atoms with Gasteiger partial charge < -0.3 is 19.5 Å². The van der Waals surface area contributed by atoms with E-state index in [1.807, 2.05) is 30.3 Å². The van der Waals surface area contributed by atoms with Crippen molar-refractivity contribution in [2.24, 2.45) is 0 Å². The van der Waals surface area contributed by atoms with Crippen molar-refractivity contribution in [3.05, 3.63) is 30.3 Å². The van der Waals surface area contributed by atoms with Gasteiger partial charge in [-0.05, 0) is 25.6 Å². The number of likely N-dealkylation sites (N-methyl/N-ethyl adjacent to an activating group) is 1. The Labute approximate surface area is 148 Å². The van der Waals surface area contributed by atoms with Crippen molar-refractivity contribution in [2.75, 3.05) is 46.4 Å². The van der Waals surface area contributed by atoms with Gasteiger partial charge in [0.1, 0.15) is 5.75 Å². The van der Waals surface area contributed by atoms with Gasteiger partial charge in [-0.25, -0.2) is 0 Å². The van der Waals surface area contributed by atoms with Crippen LogP contribution in [0.2, 0.25) is 0 Å². The highest BCUT2D eigenvalue weighted by atomic mass is 16.5. The lowest BCUT2D eigenvalue weighted by atomic mass is 10.2. The summed E-state index contributed by atoms with van der Waals surface area (Å²) in [7, 11) is 1.74. The third kappa shape index (κ3) is 7.11. The number of carboxylic acid groups (broad SMARTS) is 1. The lowest BCUT2D eigenvalue weighted by Crippen LogP contribution is -2.49. The summed E-state index contributed by atoms with van der Waals surface area (Å²) >= 11 is 0. The fourth-order valence-corrected chi connectivity index (χ4v) is 2.79. The summed E-state index contributed by atoms with van der Waals surface area (Å²) in [6.07, 6.45) is 0.946. The summed E-state index contributed by atoms with van der Waals surface area (Å²) in [5, 5.41) is 8.80. The monoisotopic (exact) mass is 350 g/mol. The van der Waals surface area contributed by atoms with Crippen LogP contribution in [0.15, 0.2) is 30.3 Å². The fraction of sp³-hybridized carbons (Fsp3) is 0.556. The average Bonchev–Trinajstić information content (AvgIpc) is 2.59. The maximum Gasteiger partial charge on any atom is 0.317 e. The topological polar surface area (TPSA) is 79.3 Å². The quantitative estimate of drug-likeness (QED) is 0.672. The Morgan fingerprint density at radius 3 is 2.84 bits per heavy atom. The van der Waals surface area contributed by atoms with Gasteiger partial charge in [0, 0.05) is 26.1 Å². The number of carboxylic acids is 1. The number of hydrogen-bond acceptors (Lipinski definition) is 5. The van der Waals surface area contributed by atoms with Crippen molar-refractivity contribution in [1.29, 1.82) is 0 Å². The number of carbonyl (C=O) groups is 2. The molecule has 0 aromatic heterocycles. The van der Waals surface area contributed by atoms with E-state index in [4.69, 9.17) is 14.6 Å². The second kappa shape index (κ2) is 10.0. The molecule has 7 heteroatoms. The van der Waals surface area contributed by atoms with E-state index >= 15 is 0 Å². The molecule has 0 radical (unpaired) electrons. The van der Waals surface area contributed by atoms with E-state index in [2.05, 4.69) is 0 Å². The van der Waals surface area contributed by atoms with E-state index in [0.717, 1.165) is 5.75 Å². The molecule has 138 valence electrons. The van der Waals surface area contributed by atoms with Crippen molar-refractivity contribution < 1.29 is 24.2 Å². The van der Waals surface area contributed by atoms with Gasteiger partial charge in [-0.2, -0.15) is 0 Å². The van der Waals surface area contributed by atoms with Crippen molar-refractivity contribution >= 4 is 11.9 Å². The predicted molar refractivity (Wildman–Crippen MR) is 92.6 cm³/mol. The minimum Gasteiger partial charge on any atom is -0.494 e. The van der Waals surface area contributed by atoms with Crippen molar-refractivity contribution in [1.82, 2.24) is 9.80 Å². The summed E-state index contributed by atoms with van der Waals surface area (Å²) in [5.74, 6) is 0.0263. The van der Waals surface area contributed by atoms with E-state index < -0.39 is 5.97 Å². The number of carbonyl (C=O) groups excluding carboxylic acids is 1. The lowest BCUT2D eigenvalue weighted by Gasteiger charge is -2.34. The number of nitrogens with zero attached hydrogens (tertiary/aromatic N) is 2. The molecule has 1 fully saturated rings. The van der Waals surface area contributed by atoms with E-state index in [1.165, 1.54) is 0 Å². The first-order valence-electron chi connectivity index (χ1n) is 8.52. The highest BCUT2D eigenvalue weighted by molar-refractivity contribution is 5.76. The second-order valence-corrected chi connectivity index (χ2v) is 6.19. The Morgan fingerprint density at radius 1 is 1.36 bits per heavy atom. The minimum atomic E-state index is -0.871. The Balaban J connectivity index is 1.67. The Bertz CT molecular complexity index is 552. The van der Waals surface area contributed by atoms with E-state index in [0.29, 0.717) is 45.7 Å². The van der Waals surface area contributed by atoms with Crippen LogP contribution in [0, 0.1) is 0 Å². The molecule has 1 heterocycles. The van der Waals surface area contributed by atoms with Crippen LogP contribution in [0.25, 0.3) is 0 Å². The van der Waals surface area contributed by atoms with Gasteiger partial charge >= 0.3 is 5.97 Å². The average molecular weight is 350 g/mol. The van der Waals surface area contributed by atoms with Crippen LogP contribution in [0.5, 0.6) is 5.75 Å². The number of para-hydroxylation sites is 1. The normalized spacial score (nSPS) is 17.5. The first-order valence-corrected chi connectivity index (χ1v) is 8.52. The number of rotatable bonds is 9. The van der Waals surface area contributed by atoms with Crippen LogP contribution < -0.4 is 4.74 Å². The zero-order valence-corrected chi connectivity index (χ0v) is 14.6. The molecule has 1 N–H and O–H groups in total. The molecule has 1 saturated heterocycles. The van der Waals surface area contributed by atoms with Crippen LogP contribution in [0.3, 0.4) is 0 Å². The highest BCUT2D eigenvalue weighted by Crippen LogP contribution is 2.11. The summed E-state index contributed by atoms with van der Waals surface area (Å²) in [6, 6.07) is 9.54. The smallest absolute Gasteiger partial charge is 0.317 e. The van der Waals surface area contributed by atoms with Crippen molar-refractivity contribution in [2.45, 2.75) is 18.9 Å². The number of ether oxygens (including phenoxy) is 2. The van der Waals surface area contributed by atoms with E-state index in [1.54, 1.807) is 16.8 Å². The molecule has 0 aliphatic carbocycles. The number of amides is 1. The minimum absolute atomic E-state index is 0.0371. The summed E-state index contributed by atoms with van der Waals surface area (Å²) in [6.45, 7) is 2.53. The molecule has 1 aromatic rings. The van der Waals surface area contributed by atoms with Crippen LogP contribution in [-0.2, 0) is 14.3 Å². The Kier molecular flexibility index (Phi) is 7.69. The number of morpholine rings is 1. The maximum atomic E-state index is 12.3. The van der Waals surface area contributed by atoms with Crippen LogP contribution in [-0.4, -0.2) is 79.3 Å². The van der Waals surface area contributed by atoms with Crippen molar-refractivity contribution in [3.63, 3.8) is 0 Å². The molecule has 1 aliphatic rings. The predicted octanol–water partition coefficient (Wildman–Crippen LogP) is 1.09. The third-order valence-corrected chi connectivity index (χ3v) is 3.96. The van der Waals surface area contributed by atoms with Crippen LogP contribution in [0.1, 0.15) is 12.8 Å². The zero-order valence-electron chi connectivity index (χ0n) is 14.6. The number of hydrogen-bond donors (Lipinski definition) is 1. The van der Waals surface area contributed by atoms with Gasteiger partial charge in [-0.1, -0.05) is 18.2 Å². The maximum absolute atomic E-state index is 12.3. The molecule has 0 spiro atoms. The van der Waals surface area contributed by atoms with Gasteiger partial charge in [0.25, 0.3) is 0 Å². The summed E-state index contributed by atoms with van der Waals surface area (Å²) in [5.41, 5.74) is 0. The highest BCUT2D eigenvalue weighted by Gasteiger charge is 2.25. The molecule has 0 saturated carbocycles. The molecule has 1 amide bonds. The summed E-state index contributed by atoms with van der Waals surface area (Å²) in [4.78, 5) is 26.5. The first kappa shape index (κ1) is 19.2. The van der Waals surface area contributed by atoms with Crippen LogP contribution in [0.4, 0.5) is 0 Å². The molecule has 0 bridgehead atoms. The molecule has 1 aliphatic heterocycles. The SMILES string of the molecule is CN(CC(=O)O)C[C@H]1CN(C(=O)CCCOc2ccccc2)CCO1. The first-order chi connectivity index (χ1) is 12.0. The molecular formula is C18H26N2O5. The zero-order chi connectivity index (χ0) is 18.1. The standard InChI is InChI=1S/C18H26N2O5/c1-19(14-18(22)23)12-16-13-20(9-11-25-16)17(21)8-5-10-24-15-6-3-2-4-7-15/h2-4,6-7,16H,5,8-14H2,1H3,(H,22,23)/t16-/m0/s1. The van der Waals surface area contributed by atoms with Gasteiger partial charge in [0.05, 0.1) is 25.9 Å². The molecule has 0 unspecified atom stereocenters. The second-order valence-electron chi connectivity index (χ2n) is 6.19. The van der Waals surface area contributed by atoms with Gasteiger partial charge in [-0.15, -0.1) is 0 Å². The lowest BCUT2D eigenvalue weighted by molar-refractivity contribution is -0.142. The molecule has 25 heavy (non-hydrogen) atoms. The number of benzene rings is 1. The molecule has 1 aromatic carbocycles. The van der Waals surface area contributed by atoms with E-state index in [9.17, 15) is 9.59 Å². The number of aliphatic carboxylic acids is 1. The molecule has 2 rings (SSSR count). The Hall–Kier alpha value is -2.12. The molecule has 7 nitrogen and oxygen atoms in total. The van der Waals surface area contributed by atoms with E-state index in [-0.39, 0.29) is 18.6 Å². The van der Waals surface area contributed by atoms with Crippen LogP contribution >= 0.6 is 0 Å². The summed E-state index contributed by atoms with van der Waals surface area (Å²) < 4.78 is 11.2. The van der Waals surface area contributed by atoms with Gasteiger partial charge in [-0.3, -0.25) is 14.5 Å². The largest absolute Gasteiger partial charge is 0.494 e. The van der Waals surface area contributed by atoms with Gasteiger partial charge in [0.15, 0.2) is 0 Å². The fourth-order valence-electron chi connectivity index (χ4n) is 2.79. The molecular weight excluding hydrogens is 324 g/mol. The van der Waals surface area contributed by atoms with Crippen molar-refractivity contribution in [3.8, 4) is 5.75 Å².